The molecule has 2 heterocycles. The van der Waals surface area contributed by atoms with Crippen LogP contribution in [0, 0.1) is 6.92 Å². The number of likely N-dealkylation sites (tertiary alicyclic amines) is 1. The van der Waals surface area contributed by atoms with Crippen molar-refractivity contribution in [3.8, 4) is 0 Å². The van der Waals surface area contributed by atoms with Gasteiger partial charge in [0.15, 0.2) is 5.82 Å². The molecule has 1 aromatic carbocycles. The predicted octanol–water partition coefficient (Wildman–Crippen LogP) is 2.85. The fourth-order valence-electron chi connectivity index (χ4n) is 2.65. The van der Waals surface area contributed by atoms with E-state index in [9.17, 15) is 4.79 Å². The van der Waals surface area contributed by atoms with Crippen LogP contribution >= 0.6 is 11.6 Å². The summed E-state index contributed by atoms with van der Waals surface area (Å²) in [7, 11) is 0. The molecular weight excluding hydrogens is 318 g/mol. The Balaban J connectivity index is 1.59. The summed E-state index contributed by atoms with van der Waals surface area (Å²) in [5.74, 6) is 0.984. The second kappa shape index (κ2) is 7.10. The first-order valence-corrected chi connectivity index (χ1v) is 7.96. The lowest BCUT2D eigenvalue weighted by Crippen LogP contribution is -2.43. The van der Waals surface area contributed by atoms with Crippen molar-refractivity contribution >= 4 is 17.5 Å². The summed E-state index contributed by atoms with van der Waals surface area (Å²) in [4.78, 5) is 18.5. The maximum absolute atomic E-state index is 12.6. The van der Waals surface area contributed by atoms with E-state index < -0.39 is 0 Å². The molecule has 1 amide bonds. The molecule has 7 heteroatoms. The molecule has 0 spiro atoms. The van der Waals surface area contributed by atoms with Gasteiger partial charge in [-0.15, -0.1) is 0 Å². The van der Waals surface area contributed by atoms with Crippen LogP contribution in [0.4, 0.5) is 0 Å². The number of nitrogens with zero attached hydrogens (tertiary/aromatic N) is 3. The highest BCUT2D eigenvalue weighted by atomic mass is 35.5. The van der Waals surface area contributed by atoms with E-state index in [0.717, 1.165) is 12.8 Å². The Morgan fingerprint density at radius 1 is 1.48 bits per heavy atom. The van der Waals surface area contributed by atoms with E-state index in [1.807, 2.05) is 12.1 Å². The average Bonchev–Trinajstić information content (AvgIpc) is 2.98. The highest BCUT2D eigenvalue weighted by Gasteiger charge is 2.26. The van der Waals surface area contributed by atoms with Crippen molar-refractivity contribution in [1.82, 2.24) is 15.0 Å². The number of hydrogen-bond acceptors (Lipinski definition) is 5. The number of carbonyl (C=O) groups is 1. The van der Waals surface area contributed by atoms with E-state index in [1.165, 1.54) is 0 Å². The second-order valence-electron chi connectivity index (χ2n) is 5.54. The highest BCUT2D eigenvalue weighted by molar-refractivity contribution is 6.33. The van der Waals surface area contributed by atoms with Gasteiger partial charge in [0.05, 0.1) is 16.7 Å². The third-order valence-corrected chi connectivity index (χ3v) is 4.11. The number of piperidine rings is 1. The first kappa shape index (κ1) is 16.0. The van der Waals surface area contributed by atoms with Crippen LogP contribution in [0.25, 0.3) is 0 Å². The monoisotopic (exact) mass is 335 g/mol. The summed E-state index contributed by atoms with van der Waals surface area (Å²) in [6.45, 7) is 3.28. The molecule has 0 aliphatic carbocycles. The van der Waals surface area contributed by atoms with E-state index in [4.69, 9.17) is 20.9 Å². The van der Waals surface area contributed by atoms with Gasteiger partial charge in [0.1, 0.15) is 6.61 Å². The zero-order valence-corrected chi connectivity index (χ0v) is 13.6. The van der Waals surface area contributed by atoms with Crippen molar-refractivity contribution in [3.05, 3.63) is 46.6 Å². The molecule has 6 nitrogen and oxygen atoms in total. The van der Waals surface area contributed by atoms with Crippen LogP contribution in [-0.2, 0) is 11.3 Å². The van der Waals surface area contributed by atoms with Gasteiger partial charge in [0, 0.05) is 13.1 Å². The summed E-state index contributed by atoms with van der Waals surface area (Å²) < 4.78 is 10.8. The van der Waals surface area contributed by atoms with Crippen LogP contribution in [0.1, 0.15) is 34.9 Å². The molecule has 1 fully saturated rings. The zero-order valence-electron chi connectivity index (χ0n) is 12.9. The number of amides is 1. The molecule has 0 N–H and O–H groups in total. The van der Waals surface area contributed by atoms with Crippen molar-refractivity contribution in [1.29, 1.82) is 0 Å². The van der Waals surface area contributed by atoms with Gasteiger partial charge in [0.2, 0.25) is 0 Å². The highest BCUT2D eigenvalue weighted by Crippen LogP contribution is 2.21. The molecular formula is C16H18ClN3O3. The minimum atomic E-state index is -0.0578. The Kier molecular flexibility index (Phi) is 4.93. The van der Waals surface area contributed by atoms with E-state index in [0.29, 0.717) is 35.4 Å². The molecule has 1 aromatic heterocycles. The van der Waals surface area contributed by atoms with Crippen molar-refractivity contribution in [2.45, 2.75) is 32.5 Å². The lowest BCUT2D eigenvalue weighted by molar-refractivity contribution is -0.0153. The Bertz CT molecular complexity index is 689. The van der Waals surface area contributed by atoms with E-state index in [-0.39, 0.29) is 18.6 Å². The second-order valence-corrected chi connectivity index (χ2v) is 5.95. The first-order chi connectivity index (χ1) is 11.1. The average molecular weight is 336 g/mol. The Hall–Kier alpha value is -1.92. The summed E-state index contributed by atoms with van der Waals surface area (Å²) >= 11 is 6.11. The van der Waals surface area contributed by atoms with Gasteiger partial charge in [-0.1, -0.05) is 28.9 Å². The summed E-state index contributed by atoms with van der Waals surface area (Å²) in [6, 6.07) is 7.10. The predicted molar refractivity (Wildman–Crippen MR) is 84.2 cm³/mol. The number of hydrogen-bond donors (Lipinski definition) is 0. The number of aromatic nitrogens is 2. The van der Waals surface area contributed by atoms with Crippen molar-refractivity contribution in [3.63, 3.8) is 0 Å². The fourth-order valence-corrected chi connectivity index (χ4v) is 2.87. The largest absolute Gasteiger partial charge is 0.367 e. The maximum Gasteiger partial charge on any atom is 0.255 e. The van der Waals surface area contributed by atoms with Crippen LogP contribution < -0.4 is 0 Å². The lowest BCUT2D eigenvalue weighted by atomic mass is 10.1. The number of carbonyl (C=O) groups excluding carboxylic acids is 1. The van der Waals surface area contributed by atoms with Crippen molar-refractivity contribution in [2.75, 3.05) is 13.1 Å². The van der Waals surface area contributed by atoms with Crippen LogP contribution in [0.3, 0.4) is 0 Å². The minimum Gasteiger partial charge on any atom is -0.367 e. The molecule has 1 saturated heterocycles. The molecule has 23 heavy (non-hydrogen) atoms. The Labute approximate surface area is 139 Å². The van der Waals surface area contributed by atoms with Gasteiger partial charge in [-0.05, 0) is 31.9 Å². The number of halogens is 1. The molecule has 0 bridgehead atoms. The van der Waals surface area contributed by atoms with Gasteiger partial charge >= 0.3 is 0 Å². The van der Waals surface area contributed by atoms with Gasteiger partial charge in [-0.2, -0.15) is 4.98 Å². The Morgan fingerprint density at radius 2 is 2.30 bits per heavy atom. The molecule has 1 atom stereocenters. The number of benzene rings is 1. The third kappa shape index (κ3) is 3.89. The van der Waals surface area contributed by atoms with Gasteiger partial charge in [0.25, 0.3) is 11.8 Å². The van der Waals surface area contributed by atoms with E-state index in [1.54, 1.807) is 24.0 Å². The smallest absolute Gasteiger partial charge is 0.255 e. The van der Waals surface area contributed by atoms with Gasteiger partial charge in [-0.25, -0.2) is 0 Å². The van der Waals surface area contributed by atoms with Crippen LogP contribution in [0.5, 0.6) is 0 Å². The van der Waals surface area contributed by atoms with Gasteiger partial charge < -0.3 is 14.2 Å². The molecule has 0 saturated carbocycles. The summed E-state index contributed by atoms with van der Waals surface area (Å²) in [5, 5.41) is 4.20. The first-order valence-electron chi connectivity index (χ1n) is 7.58. The molecule has 1 unspecified atom stereocenters. The fraction of sp³-hybridized carbons (Fsp3) is 0.438. The Morgan fingerprint density at radius 3 is 3.04 bits per heavy atom. The molecule has 1 aliphatic rings. The van der Waals surface area contributed by atoms with Crippen LogP contribution in [0.2, 0.25) is 5.02 Å². The normalized spacial score (nSPS) is 18.2. The van der Waals surface area contributed by atoms with Crippen molar-refractivity contribution in [2.24, 2.45) is 0 Å². The molecule has 122 valence electrons. The number of ether oxygens (including phenoxy) is 1. The molecule has 0 radical (unpaired) electrons. The molecule has 3 rings (SSSR count). The lowest BCUT2D eigenvalue weighted by Gasteiger charge is -2.32. The molecule has 2 aromatic rings. The van der Waals surface area contributed by atoms with E-state index >= 15 is 0 Å². The third-order valence-electron chi connectivity index (χ3n) is 3.78. The number of rotatable bonds is 4. The van der Waals surface area contributed by atoms with Gasteiger partial charge in [-0.3, -0.25) is 4.79 Å². The summed E-state index contributed by atoms with van der Waals surface area (Å²) in [5.41, 5.74) is 0.530. The van der Waals surface area contributed by atoms with E-state index in [2.05, 4.69) is 10.1 Å². The van der Waals surface area contributed by atoms with Crippen LogP contribution in [-0.4, -0.2) is 40.1 Å². The quantitative estimate of drug-likeness (QED) is 0.859. The minimum absolute atomic E-state index is 0.0395. The standard InChI is InChI=1S/C16H18ClN3O3/c1-11-18-15(23-19-11)10-22-12-5-4-8-20(9-12)16(21)13-6-2-3-7-14(13)17/h2-3,6-7,12H,4-5,8-10H2,1H3. The van der Waals surface area contributed by atoms with Crippen molar-refractivity contribution < 1.29 is 14.1 Å². The summed E-state index contributed by atoms with van der Waals surface area (Å²) in [6.07, 6.45) is 1.76. The number of aryl methyl sites for hydroxylation is 1. The van der Waals surface area contributed by atoms with Crippen LogP contribution in [0.15, 0.2) is 28.8 Å². The molecule has 1 aliphatic heterocycles. The SMILES string of the molecule is Cc1noc(COC2CCCN(C(=O)c3ccccc3Cl)C2)n1. The zero-order chi connectivity index (χ0) is 16.2. The maximum atomic E-state index is 12.6. The topological polar surface area (TPSA) is 68.5 Å².